The lowest BCUT2D eigenvalue weighted by atomic mass is 10.0. The van der Waals surface area contributed by atoms with Gasteiger partial charge in [-0.3, -0.25) is 19.7 Å². The summed E-state index contributed by atoms with van der Waals surface area (Å²) >= 11 is 0. The first-order chi connectivity index (χ1) is 11.0. The van der Waals surface area contributed by atoms with Gasteiger partial charge in [0.1, 0.15) is 5.78 Å². The molecule has 0 bridgehead atoms. The number of Topliss-reactive ketones (excluding diaryl/α,β-unsaturated/α-hetero) is 1. The fourth-order valence-electron chi connectivity index (χ4n) is 2.24. The van der Waals surface area contributed by atoms with E-state index in [1.165, 1.54) is 13.0 Å². The lowest BCUT2D eigenvalue weighted by molar-refractivity contribution is -0.385. The fraction of sp³-hybridized carbons (Fsp3) is 0.176. The molecular weight excluding hydrogens is 296 g/mol. The van der Waals surface area contributed by atoms with Crippen molar-refractivity contribution in [2.45, 2.75) is 19.8 Å². The van der Waals surface area contributed by atoms with E-state index in [2.05, 4.69) is 5.32 Å². The van der Waals surface area contributed by atoms with E-state index in [4.69, 9.17) is 0 Å². The van der Waals surface area contributed by atoms with Crippen LogP contribution < -0.4 is 5.32 Å². The topological polar surface area (TPSA) is 89.3 Å². The normalized spacial score (nSPS) is 15.2. The molecule has 1 aromatic rings. The number of ketones is 1. The molecule has 1 aliphatic carbocycles. The van der Waals surface area contributed by atoms with Crippen LogP contribution in [0.15, 0.2) is 53.8 Å². The predicted molar refractivity (Wildman–Crippen MR) is 86.4 cm³/mol. The molecule has 0 heterocycles. The van der Waals surface area contributed by atoms with Gasteiger partial charge in [0.2, 0.25) is 5.91 Å². The third-order valence-corrected chi connectivity index (χ3v) is 3.19. The first-order valence-corrected chi connectivity index (χ1v) is 7.06. The molecule has 23 heavy (non-hydrogen) atoms. The van der Waals surface area contributed by atoms with E-state index in [1.807, 2.05) is 6.08 Å². The molecule has 1 aliphatic rings. The number of para-hydroxylation sites is 1. The molecule has 0 saturated heterocycles. The van der Waals surface area contributed by atoms with E-state index in [9.17, 15) is 19.7 Å². The van der Waals surface area contributed by atoms with Crippen LogP contribution in [0, 0.1) is 10.1 Å². The van der Waals surface area contributed by atoms with Crippen molar-refractivity contribution in [2.24, 2.45) is 0 Å². The lowest BCUT2D eigenvalue weighted by Gasteiger charge is -2.13. The Morgan fingerprint density at radius 1 is 1.35 bits per heavy atom. The third kappa shape index (κ3) is 4.74. The van der Waals surface area contributed by atoms with Crippen molar-refractivity contribution in [3.05, 3.63) is 69.4 Å². The summed E-state index contributed by atoms with van der Waals surface area (Å²) in [5, 5.41) is 13.7. The second-order valence-electron chi connectivity index (χ2n) is 5.19. The quantitative estimate of drug-likeness (QED) is 0.514. The zero-order valence-electron chi connectivity index (χ0n) is 12.6. The molecule has 0 aliphatic heterocycles. The first kappa shape index (κ1) is 16.4. The van der Waals surface area contributed by atoms with Crippen LogP contribution in [-0.2, 0) is 9.59 Å². The highest BCUT2D eigenvalue weighted by molar-refractivity contribution is 5.97. The van der Waals surface area contributed by atoms with Gasteiger partial charge < -0.3 is 5.32 Å². The van der Waals surface area contributed by atoms with E-state index in [-0.39, 0.29) is 23.8 Å². The second-order valence-corrected chi connectivity index (χ2v) is 5.19. The summed E-state index contributed by atoms with van der Waals surface area (Å²) < 4.78 is 0. The molecular formula is C17H16N2O4. The van der Waals surface area contributed by atoms with Crippen LogP contribution in [0.4, 0.5) is 5.69 Å². The number of nitro groups is 1. The Bertz CT molecular complexity index is 745. The molecule has 118 valence electrons. The van der Waals surface area contributed by atoms with Crippen LogP contribution in [0.25, 0.3) is 6.08 Å². The number of rotatable bonds is 5. The van der Waals surface area contributed by atoms with Gasteiger partial charge in [0, 0.05) is 18.2 Å². The number of nitrogens with one attached hydrogen (secondary N) is 1. The summed E-state index contributed by atoms with van der Waals surface area (Å²) in [6.45, 7) is 1.36. The van der Waals surface area contributed by atoms with Crippen LogP contribution in [0.3, 0.4) is 0 Å². The number of allylic oxidation sites excluding steroid dienone is 4. The van der Waals surface area contributed by atoms with E-state index in [0.29, 0.717) is 17.7 Å². The van der Waals surface area contributed by atoms with Gasteiger partial charge >= 0.3 is 0 Å². The zero-order chi connectivity index (χ0) is 16.8. The average Bonchev–Trinajstić information content (AvgIpc) is 2.47. The number of nitro benzene ring substituents is 1. The summed E-state index contributed by atoms with van der Waals surface area (Å²) in [4.78, 5) is 33.2. The van der Waals surface area contributed by atoms with Gasteiger partial charge in [-0.1, -0.05) is 24.3 Å². The minimum absolute atomic E-state index is 0.0325. The molecule has 0 radical (unpaired) electrons. The fourth-order valence-corrected chi connectivity index (χ4v) is 2.24. The molecule has 0 fully saturated rings. The maximum absolute atomic E-state index is 11.6. The van der Waals surface area contributed by atoms with Crippen LogP contribution >= 0.6 is 0 Å². The molecule has 1 N–H and O–H groups in total. The van der Waals surface area contributed by atoms with Crippen molar-refractivity contribution in [1.82, 2.24) is 5.32 Å². The smallest absolute Gasteiger partial charge is 0.276 e. The van der Waals surface area contributed by atoms with E-state index in [0.717, 1.165) is 5.57 Å². The van der Waals surface area contributed by atoms with Gasteiger partial charge in [-0.05, 0) is 30.7 Å². The summed E-state index contributed by atoms with van der Waals surface area (Å²) in [5.74, 6) is -0.561. The molecule has 0 unspecified atom stereocenters. The van der Waals surface area contributed by atoms with Crippen LogP contribution in [0.1, 0.15) is 25.3 Å². The summed E-state index contributed by atoms with van der Waals surface area (Å²) in [5.41, 5.74) is 2.03. The van der Waals surface area contributed by atoms with Gasteiger partial charge in [0.15, 0.2) is 0 Å². The molecule has 6 heteroatoms. The molecule has 2 rings (SSSR count). The Labute approximate surface area is 133 Å². The van der Waals surface area contributed by atoms with Crippen LogP contribution in [0.5, 0.6) is 0 Å². The van der Waals surface area contributed by atoms with Crippen molar-refractivity contribution in [2.75, 3.05) is 0 Å². The number of carbonyl (C=O) groups is 2. The number of hydrogen-bond acceptors (Lipinski definition) is 4. The predicted octanol–water partition coefficient (Wildman–Crippen LogP) is 2.92. The standard InChI is InChI=1S/C17H16N2O4/c1-12(20)9-17(21)18-15-7-4-5-13(11-15)10-14-6-2-3-8-16(14)19(22)23/h2-8,10H,9,11H2,1H3,(H,18,21)/b13-10+. The van der Waals surface area contributed by atoms with Crippen molar-refractivity contribution in [3.8, 4) is 0 Å². The average molecular weight is 312 g/mol. The first-order valence-electron chi connectivity index (χ1n) is 7.06. The van der Waals surface area contributed by atoms with Gasteiger partial charge in [-0.2, -0.15) is 0 Å². The molecule has 0 spiro atoms. The molecule has 0 aromatic heterocycles. The van der Waals surface area contributed by atoms with Gasteiger partial charge in [0.25, 0.3) is 5.69 Å². The van der Waals surface area contributed by atoms with Gasteiger partial charge in [-0.25, -0.2) is 0 Å². The van der Waals surface area contributed by atoms with Crippen molar-refractivity contribution < 1.29 is 14.5 Å². The van der Waals surface area contributed by atoms with Gasteiger partial charge in [-0.15, -0.1) is 0 Å². The SMILES string of the molecule is CC(=O)CC(=O)NC1=CC=C/C(=C\c2ccccc2[N+](=O)[O-])C1. The number of carbonyl (C=O) groups excluding carboxylic acids is 2. The highest BCUT2D eigenvalue weighted by Crippen LogP contribution is 2.24. The maximum Gasteiger partial charge on any atom is 0.276 e. The van der Waals surface area contributed by atoms with Crippen LogP contribution in [0.2, 0.25) is 0 Å². The maximum atomic E-state index is 11.6. The number of hydrogen-bond donors (Lipinski definition) is 1. The molecule has 1 aromatic carbocycles. The van der Waals surface area contributed by atoms with E-state index >= 15 is 0 Å². The molecule has 0 atom stereocenters. The molecule has 0 saturated carbocycles. The van der Waals surface area contributed by atoms with Crippen molar-refractivity contribution in [1.29, 1.82) is 0 Å². The summed E-state index contributed by atoms with van der Waals surface area (Å²) in [6, 6.07) is 6.47. The summed E-state index contributed by atoms with van der Waals surface area (Å²) in [7, 11) is 0. The molecule has 6 nitrogen and oxygen atoms in total. The van der Waals surface area contributed by atoms with Crippen LogP contribution in [-0.4, -0.2) is 16.6 Å². The van der Waals surface area contributed by atoms with Crippen molar-refractivity contribution >= 4 is 23.5 Å². The molecule has 1 amide bonds. The minimum Gasteiger partial charge on any atom is -0.329 e. The zero-order valence-corrected chi connectivity index (χ0v) is 12.6. The Hall–Kier alpha value is -3.02. The van der Waals surface area contributed by atoms with Crippen molar-refractivity contribution in [3.63, 3.8) is 0 Å². The number of amides is 1. The van der Waals surface area contributed by atoms with E-state index < -0.39 is 4.92 Å². The largest absolute Gasteiger partial charge is 0.329 e. The monoisotopic (exact) mass is 312 g/mol. The third-order valence-electron chi connectivity index (χ3n) is 3.19. The summed E-state index contributed by atoms with van der Waals surface area (Å²) in [6.07, 6.45) is 7.33. The Balaban J connectivity index is 2.14. The number of benzene rings is 1. The second kappa shape index (κ2) is 7.31. The number of nitrogens with zero attached hydrogens (tertiary/aromatic N) is 1. The lowest BCUT2D eigenvalue weighted by Crippen LogP contribution is -2.25. The Kier molecular flexibility index (Phi) is 5.19. The Morgan fingerprint density at radius 3 is 2.78 bits per heavy atom. The van der Waals surface area contributed by atoms with Gasteiger partial charge in [0.05, 0.1) is 16.9 Å². The van der Waals surface area contributed by atoms with E-state index in [1.54, 1.807) is 36.4 Å². The minimum atomic E-state index is -0.426. The Morgan fingerprint density at radius 2 is 2.09 bits per heavy atom. The highest BCUT2D eigenvalue weighted by Gasteiger charge is 2.13. The highest BCUT2D eigenvalue weighted by atomic mass is 16.6.